The molecule has 3 aromatic rings. The number of rotatable bonds is 8. The zero-order chi connectivity index (χ0) is 27.6. The quantitative estimate of drug-likeness (QED) is 0.414. The van der Waals surface area contributed by atoms with Crippen molar-refractivity contribution in [2.75, 3.05) is 21.2 Å². The molecule has 1 aliphatic rings. The van der Waals surface area contributed by atoms with E-state index < -0.39 is 35.2 Å². The van der Waals surface area contributed by atoms with Crippen LogP contribution in [0.1, 0.15) is 43.4 Å². The molecular formula is C29H34F3N3O3. The van der Waals surface area contributed by atoms with Gasteiger partial charge in [-0.2, -0.15) is 0 Å². The Labute approximate surface area is 220 Å². The van der Waals surface area contributed by atoms with Gasteiger partial charge in [0.2, 0.25) is 0 Å². The molecule has 1 fully saturated rings. The summed E-state index contributed by atoms with van der Waals surface area (Å²) in [6, 6.07) is 7.78. The van der Waals surface area contributed by atoms with E-state index in [0.29, 0.717) is 0 Å². The van der Waals surface area contributed by atoms with E-state index >= 15 is 4.39 Å². The van der Waals surface area contributed by atoms with Gasteiger partial charge in [-0.1, -0.05) is 37.5 Å². The van der Waals surface area contributed by atoms with E-state index in [2.05, 4.69) is 0 Å². The highest BCUT2D eigenvalue weighted by Gasteiger charge is 2.29. The summed E-state index contributed by atoms with van der Waals surface area (Å²) >= 11 is 0. The molecule has 1 aromatic heterocycles. The summed E-state index contributed by atoms with van der Waals surface area (Å²) in [7, 11) is 5.14. The van der Waals surface area contributed by atoms with Crippen LogP contribution in [0.3, 0.4) is 0 Å². The van der Waals surface area contributed by atoms with E-state index in [1.807, 2.05) is 19.0 Å². The van der Waals surface area contributed by atoms with Gasteiger partial charge in [0.1, 0.15) is 11.6 Å². The van der Waals surface area contributed by atoms with Crippen LogP contribution in [0.25, 0.3) is 11.1 Å². The van der Waals surface area contributed by atoms with Gasteiger partial charge in [-0.25, -0.2) is 18.0 Å². The summed E-state index contributed by atoms with van der Waals surface area (Å²) in [5.74, 6) is -2.14. The lowest BCUT2D eigenvalue weighted by Crippen LogP contribution is -2.49. The molecule has 0 unspecified atom stereocenters. The third-order valence-corrected chi connectivity index (χ3v) is 7.74. The van der Waals surface area contributed by atoms with Gasteiger partial charge in [-0.3, -0.25) is 13.9 Å². The highest BCUT2D eigenvalue weighted by molar-refractivity contribution is 5.67. The molecule has 0 N–H and O–H groups in total. The summed E-state index contributed by atoms with van der Waals surface area (Å²) in [4.78, 5) is 29.7. The molecule has 38 heavy (non-hydrogen) atoms. The predicted molar refractivity (Wildman–Crippen MR) is 141 cm³/mol. The third-order valence-electron chi connectivity index (χ3n) is 7.74. The van der Waals surface area contributed by atoms with Crippen LogP contribution < -0.4 is 16.0 Å². The Morgan fingerprint density at radius 2 is 1.61 bits per heavy atom. The highest BCUT2D eigenvalue weighted by Crippen LogP contribution is 2.31. The molecule has 4 rings (SSSR count). The minimum Gasteiger partial charge on any atom is -0.494 e. The number of hydrogen-bond acceptors (Lipinski definition) is 4. The Bertz CT molecular complexity index is 1400. The largest absolute Gasteiger partial charge is 0.494 e. The van der Waals surface area contributed by atoms with E-state index in [4.69, 9.17) is 4.74 Å². The Balaban J connectivity index is 1.96. The highest BCUT2D eigenvalue weighted by atomic mass is 19.1. The second-order valence-corrected chi connectivity index (χ2v) is 10.2. The summed E-state index contributed by atoms with van der Waals surface area (Å²) in [5.41, 5.74) is -1.61. The first-order valence-electron chi connectivity index (χ1n) is 12.9. The number of nitrogens with zero attached hydrogens (tertiary/aromatic N) is 3. The first-order chi connectivity index (χ1) is 18.1. The van der Waals surface area contributed by atoms with Crippen LogP contribution in [-0.2, 0) is 13.1 Å². The van der Waals surface area contributed by atoms with Crippen LogP contribution >= 0.6 is 0 Å². The lowest BCUT2D eigenvalue weighted by Gasteiger charge is -2.35. The van der Waals surface area contributed by atoms with Gasteiger partial charge in [0.15, 0.2) is 11.6 Å². The van der Waals surface area contributed by atoms with Crippen molar-refractivity contribution in [1.82, 2.24) is 14.0 Å². The minimum atomic E-state index is -0.809. The monoisotopic (exact) mass is 529 g/mol. The van der Waals surface area contributed by atoms with Crippen molar-refractivity contribution in [3.05, 3.63) is 85.9 Å². The number of halogens is 3. The number of likely N-dealkylation sites (N-methyl/N-ethyl adjacent to an activating group) is 1. The van der Waals surface area contributed by atoms with E-state index in [0.717, 1.165) is 53.4 Å². The first-order valence-corrected chi connectivity index (χ1v) is 12.9. The number of methoxy groups -OCH3 is 1. The third kappa shape index (κ3) is 5.29. The lowest BCUT2D eigenvalue weighted by atomic mass is 9.83. The van der Waals surface area contributed by atoms with Crippen LogP contribution in [0.15, 0.2) is 46.0 Å². The van der Waals surface area contributed by atoms with Crippen LogP contribution in [0.2, 0.25) is 0 Å². The molecule has 1 heterocycles. The van der Waals surface area contributed by atoms with E-state index in [9.17, 15) is 18.4 Å². The van der Waals surface area contributed by atoms with Crippen molar-refractivity contribution >= 4 is 0 Å². The van der Waals surface area contributed by atoms with Crippen LogP contribution in [0, 0.1) is 30.3 Å². The fraction of sp³-hybridized carbons (Fsp3) is 0.448. The molecule has 9 heteroatoms. The van der Waals surface area contributed by atoms with Crippen molar-refractivity contribution in [3.63, 3.8) is 0 Å². The summed E-state index contributed by atoms with van der Waals surface area (Å²) in [5, 5.41) is 0. The number of aromatic nitrogens is 2. The fourth-order valence-corrected chi connectivity index (χ4v) is 5.60. The molecule has 6 nitrogen and oxygen atoms in total. The van der Waals surface area contributed by atoms with Gasteiger partial charge in [-0.05, 0) is 58.0 Å². The Morgan fingerprint density at radius 1 is 0.974 bits per heavy atom. The summed E-state index contributed by atoms with van der Waals surface area (Å²) in [6.07, 6.45) is 5.27. The zero-order valence-corrected chi connectivity index (χ0v) is 22.3. The van der Waals surface area contributed by atoms with Gasteiger partial charge in [-0.15, -0.1) is 0 Å². The number of benzene rings is 2. The molecule has 1 aliphatic carbocycles. The molecule has 0 radical (unpaired) electrons. The van der Waals surface area contributed by atoms with Crippen molar-refractivity contribution in [3.8, 4) is 16.9 Å². The normalized spacial score (nSPS) is 15.2. The molecule has 204 valence electrons. The van der Waals surface area contributed by atoms with Crippen molar-refractivity contribution in [1.29, 1.82) is 0 Å². The molecule has 1 atom stereocenters. The second-order valence-electron chi connectivity index (χ2n) is 10.2. The maximum absolute atomic E-state index is 15.4. The molecule has 0 amide bonds. The number of hydrogen-bond donors (Lipinski definition) is 0. The van der Waals surface area contributed by atoms with Gasteiger partial charge in [0, 0.05) is 29.4 Å². The van der Waals surface area contributed by atoms with E-state index in [-0.39, 0.29) is 46.6 Å². The summed E-state index contributed by atoms with van der Waals surface area (Å²) in [6.45, 7) is 1.12. The van der Waals surface area contributed by atoms with E-state index in [1.54, 1.807) is 6.07 Å². The Morgan fingerprint density at radius 3 is 2.21 bits per heavy atom. The average Bonchev–Trinajstić information content (AvgIpc) is 2.89. The average molecular weight is 530 g/mol. The predicted octanol–water partition coefficient (Wildman–Crippen LogP) is 4.97. The molecule has 0 spiro atoms. The lowest BCUT2D eigenvalue weighted by molar-refractivity contribution is 0.148. The van der Waals surface area contributed by atoms with Crippen LogP contribution in [0.5, 0.6) is 5.75 Å². The van der Waals surface area contributed by atoms with Crippen LogP contribution in [-0.4, -0.2) is 41.3 Å². The number of ether oxygens (including phenoxy) is 1. The SMILES string of the molecule is COc1cccc(-c2c(C)n(Cc3c(F)cccc3F)c(=O)n(C[C@@H](C3CCCCC3)N(C)C)c2=O)c1F. The Kier molecular flexibility index (Phi) is 8.45. The van der Waals surface area contributed by atoms with Gasteiger partial charge in [0.05, 0.1) is 19.2 Å². The molecule has 1 saturated carbocycles. The fourth-order valence-electron chi connectivity index (χ4n) is 5.60. The molecule has 2 aromatic carbocycles. The maximum Gasteiger partial charge on any atom is 0.331 e. The first kappa shape index (κ1) is 27.7. The second kappa shape index (κ2) is 11.6. The molecule has 0 bridgehead atoms. The standard InChI is InChI=1S/C29H34F3N3O3/c1-18-26(20-12-8-15-25(38-4)27(20)32)28(36)35(17-24(33(2)3)19-10-6-5-7-11-19)29(37)34(18)16-21-22(30)13-9-14-23(21)31/h8-9,12-15,19,24H,5-7,10-11,16-17H2,1-4H3/t24-/m0/s1. The maximum atomic E-state index is 15.4. The topological polar surface area (TPSA) is 56.5 Å². The minimum absolute atomic E-state index is 0.0394. The van der Waals surface area contributed by atoms with Crippen molar-refractivity contribution < 1.29 is 17.9 Å². The molecule has 0 aliphatic heterocycles. The van der Waals surface area contributed by atoms with E-state index in [1.165, 1.54) is 32.2 Å². The molecule has 0 saturated heterocycles. The van der Waals surface area contributed by atoms with Gasteiger partial charge < -0.3 is 9.64 Å². The Hall–Kier alpha value is -3.33. The van der Waals surface area contributed by atoms with Gasteiger partial charge >= 0.3 is 5.69 Å². The van der Waals surface area contributed by atoms with Crippen molar-refractivity contribution in [2.24, 2.45) is 5.92 Å². The van der Waals surface area contributed by atoms with Crippen molar-refractivity contribution in [2.45, 2.75) is 58.2 Å². The summed E-state index contributed by atoms with van der Waals surface area (Å²) < 4.78 is 52.0. The van der Waals surface area contributed by atoms with Crippen LogP contribution in [0.4, 0.5) is 13.2 Å². The smallest absolute Gasteiger partial charge is 0.331 e. The molecular weight excluding hydrogens is 495 g/mol. The van der Waals surface area contributed by atoms with Gasteiger partial charge in [0.25, 0.3) is 5.56 Å². The zero-order valence-electron chi connectivity index (χ0n) is 22.3.